The Balaban J connectivity index is 2.53. The molecule has 0 saturated carbocycles. The monoisotopic (exact) mass is 203 g/mol. The number of aryl methyl sites for hydroxylation is 2. The summed E-state index contributed by atoms with van der Waals surface area (Å²) in [6.07, 6.45) is 7.88. The van der Waals surface area contributed by atoms with Gasteiger partial charge in [0.1, 0.15) is 11.6 Å². The SMILES string of the molecule is C#CCCCNc1cc(CC)nc(C)n1. The van der Waals surface area contributed by atoms with Crippen LogP contribution in [0.3, 0.4) is 0 Å². The van der Waals surface area contributed by atoms with Crippen molar-refractivity contribution < 1.29 is 0 Å². The highest BCUT2D eigenvalue weighted by Gasteiger charge is 1.99. The van der Waals surface area contributed by atoms with Crippen LogP contribution in [0.1, 0.15) is 31.3 Å². The van der Waals surface area contributed by atoms with Gasteiger partial charge in [-0.2, -0.15) is 0 Å². The molecule has 3 nitrogen and oxygen atoms in total. The van der Waals surface area contributed by atoms with Crippen molar-refractivity contribution in [2.45, 2.75) is 33.1 Å². The lowest BCUT2D eigenvalue weighted by molar-refractivity contribution is 0.887. The van der Waals surface area contributed by atoms with E-state index in [0.29, 0.717) is 0 Å². The van der Waals surface area contributed by atoms with Gasteiger partial charge in [-0.3, -0.25) is 0 Å². The van der Waals surface area contributed by atoms with Crippen molar-refractivity contribution in [1.82, 2.24) is 9.97 Å². The number of terminal acetylenes is 1. The first-order chi connectivity index (χ1) is 7.26. The van der Waals surface area contributed by atoms with Gasteiger partial charge in [0.15, 0.2) is 0 Å². The first kappa shape index (κ1) is 11.5. The molecular formula is C12H17N3. The van der Waals surface area contributed by atoms with Gasteiger partial charge in [0.2, 0.25) is 0 Å². The second kappa shape index (κ2) is 6.02. The topological polar surface area (TPSA) is 37.8 Å². The lowest BCUT2D eigenvalue weighted by atomic mass is 10.3. The predicted molar refractivity (Wildman–Crippen MR) is 62.7 cm³/mol. The molecule has 0 aliphatic rings. The summed E-state index contributed by atoms with van der Waals surface area (Å²) in [7, 11) is 0. The molecule has 0 fully saturated rings. The summed E-state index contributed by atoms with van der Waals surface area (Å²) in [5, 5.41) is 3.25. The average molecular weight is 203 g/mol. The number of nitrogens with one attached hydrogen (secondary N) is 1. The minimum atomic E-state index is 0.803. The third kappa shape index (κ3) is 3.99. The van der Waals surface area contributed by atoms with Gasteiger partial charge in [-0.15, -0.1) is 12.3 Å². The fourth-order valence-corrected chi connectivity index (χ4v) is 1.31. The van der Waals surface area contributed by atoms with Gasteiger partial charge in [0.25, 0.3) is 0 Å². The number of anilines is 1. The summed E-state index contributed by atoms with van der Waals surface area (Å²) in [6, 6.07) is 1.99. The van der Waals surface area contributed by atoms with Gasteiger partial charge in [-0.05, 0) is 19.8 Å². The third-order valence-electron chi connectivity index (χ3n) is 2.06. The molecular weight excluding hydrogens is 186 g/mol. The Labute approximate surface area is 91.3 Å². The molecule has 0 atom stereocenters. The summed E-state index contributed by atoms with van der Waals surface area (Å²) in [5.74, 6) is 4.33. The van der Waals surface area contributed by atoms with Crippen LogP contribution in [0.25, 0.3) is 0 Å². The van der Waals surface area contributed by atoms with E-state index in [-0.39, 0.29) is 0 Å². The molecule has 1 heterocycles. The maximum absolute atomic E-state index is 5.17. The fourth-order valence-electron chi connectivity index (χ4n) is 1.31. The van der Waals surface area contributed by atoms with Crippen LogP contribution in [0, 0.1) is 19.3 Å². The smallest absolute Gasteiger partial charge is 0.129 e. The Hall–Kier alpha value is -1.56. The molecule has 0 bridgehead atoms. The molecule has 1 aromatic heterocycles. The van der Waals surface area contributed by atoms with Gasteiger partial charge in [0, 0.05) is 24.7 Å². The highest BCUT2D eigenvalue weighted by atomic mass is 15.0. The molecule has 0 aliphatic carbocycles. The highest BCUT2D eigenvalue weighted by Crippen LogP contribution is 2.07. The first-order valence-corrected chi connectivity index (χ1v) is 5.28. The summed E-state index contributed by atoms with van der Waals surface area (Å²) in [6.45, 7) is 4.86. The van der Waals surface area contributed by atoms with E-state index in [0.717, 1.165) is 43.1 Å². The maximum atomic E-state index is 5.17. The normalized spacial score (nSPS) is 9.67. The van der Waals surface area contributed by atoms with Gasteiger partial charge in [-0.1, -0.05) is 6.92 Å². The second-order valence-corrected chi connectivity index (χ2v) is 3.38. The van der Waals surface area contributed by atoms with Crippen LogP contribution in [-0.2, 0) is 6.42 Å². The van der Waals surface area contributed by atoms with E-state index in [2.05, 4.69) is 28.1 Å². The Morgan fingerprint density at radius 1 is 1.47 bits per heavy atom. The molecule has 0 aromatic carbocycles. The number of unbranched alkanes of at least 4 members (excludes halogenated alkanes) is 1. The Bertz CT molecular complexity index is 352. The van der Waals surface area contributed by atoms with Crippen LogP contribution in [0.5, 0.6) is 0 Å². The minimum Gasteiger partial charge on any atom is -0.370 e. The quantitative estimate of drug-likeness (QED) is 0.588. The Morgan fingerprint density at radius 2 is 2.27 bits per heavy atom. The van der Waals surface area contributed by atoms with E-state index < -0.39 is 0 Å². The van der Waals surface area contributed by atoms with Crippen LogP contribution in [0.2, 0.25) is 0 Å². The summed E-state index contributed by atoms with van der Waals surface area (Å²) in [5.41, 5.74) is 1.07. The Kier molecular flexibility index (Phi) is 4.62. The number of aromatic nitrogens is 2. The standard InChI is InChI=1S/C12H17N3/c1-4-6-7-8-13-12-9-11(5-2)14-10(3)15-12/h1,9H,5-8H2,2-3H3,(H,13,14,15). The zero-order chi connectivity index (χ0) is 11.1. The van der Waals surface area contributed by atoms with E-state index in [1.807, 2.05) is 13.0 Å². The molecule has 1 rings (SSSR count). The van der Waals surface area contributed by atoms with E-state index in [4.69, 9.17) is 6.42 Å². The minimum absolute atomic E-state index is 0.803. The summed E-state index contributed by atoms with van der Waals surface area (Å²) >= 11 is 0. The zero-order valence-electron chi connectivity index (χ0n) is 9.38. The zero-order valence-corrected chi connectivity index (χ0v) is 9.38. The molecule has 3 heteroatoms. The van der Waals surface area contributed by atoms with Crippen molar-refractivity contribution in [2.75, 3.05) is 11.9 Å². The largest absolute Gasteiger partial charge is 0.370 e. The molecule has 0 unspecified atom stereocenters. The Morgan fingerprint density at radius 3 is 2.93 bits per heavy atom. The summed E-state index contributed by atoms with van der Waals surface area (Å²) in [4.78, 5) is 8.62. The molecule has 80 valence electrons. The fraction of sp³-hybridized carbons (Fsp3) is 0.500. The van der Waals surface area contributed by atoms with E-state index >= 15 is 0 Å². The average Bonchev–Trinajstić information content (AvgIpc) is 2.23. The van der Waals surface area contributed by atoms with Crippen LogP contribution < -0.4 is 5.32 Å². The second-order valence-electron chi connectivity index (χ2n) is 3.38. The van der Waals surface area contributed by atoms with Crippen molar-refractivity contribution >= 4 is 5.82 Å². The predicted octanol–water partition coefficient (Wildman–Crippen LogP) is 2.17. The van der Waals surface area contributed by atoms with Crippen LogP contribution >= 0.6 is 0 Å². The van der Waals surface area contributed by atoms with E-state index in [1.165, 1.54) is 0 Å². The van der Waals surface area contributed by atoms with Crippen LogP contribution in [-0.4, -0.2) is 16.5 Å². The number of hydrogen-bond donors (Lipinski definition) is 1. The summed E-state index contributed by atoms with van der Waals surface area (Å²) < 4.78 is 0. The first-order valence-electron chi connectivity index (χ1n) is 5.28. The van der Waals surface area contributed by atoms with Gasteiger partial charge in [-0.25, -0.2) is 9.97 Å². The molecule has 0 radical (unpaired) electrons. The van der Waals surface area contributed by atoms with Crippen molar-refractivity contribution in [1.29, 1.82) is 0 Å². The molecule has 0 aliphatic heterocycles. The van der Waals surface area contributed by atoms with Crippen LogP contribution in [0.4, 0.5) is 5.82 Å². The number of hydrogen-bond acceptors (Lipinski definition) is 3. The lowest BCUT2D eigenvalue weighted by Crippen LogP contribution is -2.05. The van der Waals surface area contributed by atoms with Crippen molar-refractivity contribution in [3.8, 4) is 12.3 Å². The van der Waals surface area contributed by atoms with Crippen molar-refractivity contribution in [3.63, 3.8) is 0 Å². The maximum Gasteiger partial charge on any atom is 0.129 e. The molecule has 15 heavy (non-hydrogen) atoms. The third-order valence-corrected chi connectivity index (χ3v) is 2.06. The molecule has 1 aromatic rings. The molecule has 0 spiro atoms. The van der Waals surface area contributed by atoms with Crippen molar-refractivity contribution in [2.24, 2.45) is 0 Å². The van der Waals surface area contributed by atoms with Crippen LogP contribution in [0.15, 0.2) is 6.07 Å². The van der Waals surface area contributed by atoms with Gasteiger partial charge >= 0.3 is 0 Å². The van der Waals surface area contributed by atoms with E-state index in [9.17, 15) is 0 Å². The highest BCUT2D eigenvalue weighted by molar-refractivity contribution is 5.35. The van der Waals surface area contributed by atoms with E-state index in [1.54, 1.807) is 0 Å². The number of rotatable bonds is 5. The van der Waals surface area contributed by atoms with Crippen molar-refractivity contribution in [3.05, 3.63) is 17.6 Å². The van der Waals surface area contributed by atoms with Gasteiger partial charge in [0.05, 0.1) is 0 Å². The lowest BCUT2D eigenvalue weighted by Gasteiger charge is -2.06. The van der Waals surface area contributed by atoms with Gasteiger partial charge < -0.3 is 5.32 Å². The number of nitrogens with zero attached hydrogens (tertiary/aromatic N) is 2. The molecule has 0 saturated heterocycles. The molecule has 0 amide bonds. The molecule has 1 N–H and O–H groups in total.